The largest absolute Gasteiger partial charge is 0.387 e. The summed E-state index contributed by atoms with van der Waals surface area (Å²) in [6.45, 7) is -0.369. The Bertz CT molecular complexity index is 1030. The standard InChI is InChI=1S/C17H16F2N2O3S/c1-21-10-13(12-4-2-3-5-15(12)21)16(22)9-20-25(23,24)17-8-11(18)6-7-14(17)19/h2-8,10,16,20,22H,9H2,1H3. The molecular formula is C17H16F2N2O3S. The molecule has 0 fully saturated rings. The van der Waals surface area contributed by atoms with Crippen LogP contribution < -0.4 is 4.72 Å². The number of hydrogen-bond acceptors (Lipinski definition) is 3. The highest BCUT2D eigenvalue weighted by atomic mass is 32.2. The Hall–Kier alpha value is -2.29. The number of aryl methyl sites for hydroxylation is 1. The van der Waals surface area contributed by atoms with E-state index in [0.29, 0.717) is 11.6 Å². The minimum absolute atomic E-state index is 0.369. The zero-order valence-corrected chi connectivity index (χ0v) is 14.1. The summed E-state index contributed by atoms with van der Waals surface area (Å²) >= 11 is 0. The van der Waals surface area contributed by atoms with Gasteiger partial charge in [0, 0.05) is 36.3 Å². The quantitative estimate of drug-likeness (QED) is 0.729. The number of halogens is 2. The van der Waals surface area contributed by atoms with Crippen molar-refractivity contribution in [3.63, 3.8) is 0 Å². The number of para-hydroxylation sites is 1. The Labute approximate surface area is 143 Å². The van der Waals surface area contributed by atoms with E-state index in [1.807, 2.05) is 35.9 Å². The molecule has 0 aliphatic carbocycles. The van der Waals surface area contributed by atoms with Gasteiger partial charge in [-0.3, -0.25) is 0 Å². The lowest BCUT2D eigenvalue weighted by molar-refractivity contribution is 0.183. The average molecular weight is 366 g/mol. The van der Waals surface area contributed by atoms with Crippen LogP contribution in [0, 0.1) is 11.6 Å². The van der Waals surface area contributed by atoms with E-state index in [4.69, 9.17) is 0 Å². The smallest absolute Gasteiger partial charge is 0.243 e. The van der Waals surface area contributed by atoms with Crippen molar-refractivity contribution in [1.82, 2.24) is 9.29 Å². The van der Waals surface area contributed by atoms with Gasteiger partial charge in [-0.2, -0.15) is 0 Å². The lowest BCUT2D eigenvalue weighted by Crippen LogP contribution is -2.29. The molecule has 1 unspecified atom stereocenters. The molecule has 0 saturated carbocycles. The summed E-state index contributed by atoms with van der Waals surface area (Å²) in [5.41, 5.74) is 1.43. The Morgan fingerprint density at radius 3 is 2.68 bits per heavy atom. The van der Waals surface area contributed by atoms with Crippen molar-refractivity contribution in [2.75, 3.05) is 6.54 Å². The molecule has 2 N–H and O–H groups in total. The summed E-state index contributed by atoms with van der Waals surface area (Å²) in [4.78, 5) is -0.794. The van der Waals surface area contributed by atoms with Crippen LogP contribution in [0.25, 0.3) is 10.9 Å². The van der Waals surface area contributed by atoms with Gasteiger partial charge < -0.3 is 9.67 Å². The molecule has 5 nitrogen and oxygen atoms in total. The van der Waals surface area contributed by atoms with Gasteiger partial charge in [0.05, 0.1) is 6.10 Å². The van der Waals surface area contributed by atoms with Crippen molar-refractivity contribution >= 4 is 20.9 Å². The fourth-order valence-electron chi connectivity index (χ4n) is 2.70. The molecule has 0 spiro atoms. The third-order valence-electron chi connectivity index (χ3n) is 3.94. The topological polar surface area (TPSA) is 71.3 Å². The molecule has 25 heavy (non-hydrogen) atoms. The van der Waals surface area contributed by atoms with Gasteiger partial charge in [-0.05, 0) is 24.3 Å². The van der Waals surface area contributed by atoms with Gasteiger partial charge in [0.1, 0.15) is 16.5 Å². The second-order valence-corrected chi connectivity index (χ2v) is 7.39. The predicted octanol–water partition coefficient (Wildman–Crippen LogP) is 2.47. The first-order valence-corrected chi connectivity index (χ1v) is 8.94. The van der Waals surface area contributed by atoms with E-state index in [2.05, 4.69) is 4.72 Å². The van der Waals surface area contributed by atoms with Crippen molar-refractivity contribution in [3.05, 3.63) is 65.9 Å². The van der Waals surface area contributed by atoms with Gasteiger partial charge in [-0.25, -0.2) is 21.9 Å². The summed E-state index contributed by atoms with van der Waals surface area (Å²) in [6.07, 6.45) is 0.560. The van der Waals surface area contributed by atoms with E-state index < -0.39 is 32.7 Å². The van der Waals surface area contributed by atoms with E-state index in [1.165, 1.54) is 0 Å². The summed E-state index contributed by atoms with van der Waals surface area (Å²) in [7, 11) is -2.48. The normalized spacial score (nSPS) is 13.3. The maximum absolute atomic E-state index is 13.7. The molecule has 3 rings (SSSR count). The second-order valence-electron chi connectivity index (χ2n) is 5.65. The number of hydrogen-bond donors (Lipinski definition) is 2. The fraction of sp³-hybridized carbons (Fsp3) is 0.176. The van der Waals surface area contributed by atoms with Gasteiger partial charge in [-0.15, -0.1) is 0 Å². The van der Waals surface area contributed by atoms with Crippen LogP contribution in [0.4, 0.5) is 8.78 Å². The highest BCUT2D eigenvalue weighted by molar-refractivity contribution is 7.89. The highest BCUT2D eigenvalue weighted by Crippen LogP contribution is 2.26. The van der Waals surface area contributed by atoms with Crippen LogP contribution in [0.1, 0.15) is 11.7 Å². The Balaban J connectivity index is 1.84. The number of benzene rings is 2. The molecule has 0 amide bonds. The van der Waals surface area contributed by atoms with Crippen LogP contribution in [0.3, 0.4) is 0 Å². The number of nitrogens with zero attached hydrogens (tertiary/aromatic N) is 1. The lowest BCUT2D eigenvalue weighted by Gasteiger charge is -2.12. The van der Waals surface area contributed by atoms with Crippen LogP contribution in [0.5, 0.6) is 0 Å². The molecule has 0 radical (unpaired) electrons. The summed E-state index contributed by atoms with van der Waals surface area (Å²) in [5.74, 6) is -1.93. The second kappa shape index (κ2) is 6.55. The van der Waals surface area contributed by atoms with Crippen LogP contribution >= 0.6 is 0 Å². The molecule has 0 saturated heterocycles. The van der Waals surface area contributed by atoms with E-state index in [0.717, 1.165) is 23.0 Å². The van der Waals surface area contributed by atoms with Crippen molar-refractivity contribution in [2.24, 2.45) is 7.05 Å². The minimum atomic E-state index is -4.29. The molecule has 132 valence electrons. The third-order valence-corrected chi connectivity index (χ3v) is 5.37. The van der Waals surface area contributed by atoms with Crippen molar-refractivity contribution < 1.29 is 22.3 Å². The average Bonchev–Trinajstić information content (AvgIpc) is 2.92. The summed E-state index contributed by atoms with van der Waals surface area (Å²) in [6, 6.07) is 9.53. The first kappa shape index (κ1) is 17.5. The molecule has 1 aromatic heterocycles. The molecule has 2 aromatic carbocycles. The Morgan fingerprint density at radius 2 is 1.92 bits per heavy atom. The number of rotatable bonds is 5. The number of aliphatic hydroxyl groups is 1. The van der Waals surface area contributed by atoms with Crippen molar-refractivity contribution in [2.45, 2.75) is 11.0 Å². The highest BCUT2D eigenvalue weighted by Gasteiger charge is 2.22. The van der Waals surface area contributed by atoms with E-state index in [9.17, 15) is 22.3 Å². The first-order chi connectivity index (χ1) is 11.8. The van der Waals surface area contributed by atoms with Crippen LogP contribution in [-0.4, -0.2) is 24.6 Å². The van der Waals surface area contributed by atoms with Crippen LogP contribution in [0.2, 0.25) is 0 Å². The van der Waals surface area contributed by atoms with Crippen LogP contribution in [0.15, 0.2) is 53.6 Å². The number of aromatic nitrogens is 1. The van der Waals surface area contributed by atoms with Crippen molar-refractivity contribution in [3.8, 4) is 0 Å². The number of fused-ring (bicyclic) bond motifs is 1. The number of aliphatic hydroxyl groups excluding tert-OH is 1. The maximum atomic E-state index is 13.7. The monoisotopic (exact) mass is 366 g/mol. The molecule has 0 aliphatic rings. The minimum Gasteiger partial charge on any atom is -0.387 e. The Morgan fingerprint density at radius 1 is 1.20 bits per heavy atom. The molecule has 0 bridgehead atoms. The molecule has 0 aliphatic heterocycles. The van der Waals surface area contributed by atoms with E-state index in [1.54, 1.807) is 6.20 Å². The fourth-order valence-corrected chi connectivity index (χ4v) is 3.82. The van der Waals surface area contributed by atoms with Gasteiger partial charge in [0.15, 0.2) is 0 Å². The van der Waals surface area contributed by atoms with Gasteiger partial charge in [0.25, 0.3) is 0 Å². The predicted molar refractivity (Wildman–Crippen MR) is 89.4 cm³/mol. The zero-order valence-electron chi connectivity index (χ0n) is 13.3. The summed E-state index contributed by atoms with van der Waals surface area (Å²) < 4.78 is 55.2. The van der Waals surface area contributed by atoms with E-state index in [-0.39, 0.29) is 6.54 Å². The maximum Gasteiger partial charge on any atom is 0.243 e. The molecule has 1 heterocycles. The first-order valence-electron chi connectivity index (χ1n) is 7.46. The van der Waals surface area contributed by atoms with Gasteiger partial charge >= 0.3 is 0 Å². The van der Waals surface area contributed by atoms with Gasteiger partial charge in [-0.1, -0.05) is 18.2 Å². The molecule has 8 heteroatoms. The Kier molecular flexibility index (Phi) is 4.59. The number of nitrogens with one attached hydrogen (secondary N) is 1. The molecular weight excluding hydrogens is 350 g/mol. The van der Waals surface area contributed by atoms with Gasteiger partial charge in [0.2, 0.25) is 10.0 Å². The SMILES string of the molecule is Cn1cc(C(O)CNS(=O)(=O)c2cc(F)ccc2F)c2ccccc21. The van der Waals surface area contributed by atoms with E-state index >= 15 is 0 Å². The summed E-state index contributed by atoms with van der Waals surface area (Å²) in [5, 5.41) is 11.1. The van der Waals surface area contributed by atoms with Crippen LogP contribution in [-0.2, 0) is 17.1 Å². The molecule has 1 atom stereocenters. The van der Waals surface area contributed by atoms with Crippen molar-refractivity contribution in [1.29, 1.82) is 0 Å². The molecule has 3 aromatic rings. The number of sulfonamides is 1. The lowest BCUT2D eigenvalue weighted by atomic mass is 10.1. The third kappa shape index (κ3) is 3.41. The zero-order chi connectivity index (χ0) is 18.2.